The van der Waals surface area contributed by atoms with Crippen molar-refractivity contribution in [1.82, 2.24) is 0 Å². The van der Waals surface area contributed by atoms with Crippen LogP contribution in [0.2, 0.25) is 0 Å². The monoisotopic (exact) mass is 134 g/mol. The van der Waals surface area contributed by atoms with Gasteiger partial charge < -0.3 is 0 Å². The molecular weight excluding hydrogens is 122 g/mol. The number of rotatable bonds is 3. The van der Waals surface area contributed by atoms with E-state index >= 15 is 0 Å². The van der Waals surface area contributed by atoms with Gasteiger partial charge in [0.15, 0.2) is 0 Å². The normalized spacial score (nSPS) is 25.7. The van der Waals surface area contributed by atoms with Crippen LogP contribution in [0.4, 0.5) is 8.78 Å². The third kappa shape index (κ3) is 1.92. The smallest absolute Gasteiger partial charge is 0.129 e. The van der Waals surface area contributed by atoms with Gasteiger partial charge in [0.2, 0.25) is 0 Å². The molecule has 1 saturated carbocycles. The SMILES string of the molecule is CC1(CC(F)CF)CC1. The van der Waals surface area contributed by atoms with Gasteiger partial charge in [0.1, 0.15) is 12.8 Å². The summed E-state index contributed by atoms with van der Waals surface area (Å²) in [6.07, 6.45) is 1.36. The molecule has 0 amide bonds. The Morgan fingerprint density at radius 3 is 2.44 bits per heavy atom. The first kappa shape index (κ1) is 6.97. The van der Waals surface area contributed by atoms with Crippen molar-refractivity contribution in [3.63, 3.8) is 0 Å². The van der Waals surface area contributed by atoms with Crippen molar-refractivity contribution in [1.29, 1.82) is 0 Å². The molecule has 0 radical (unpaired) electrons. The summed E-state index contributed by atoms with van der Waals surface area (Å²) >= 11 is 0. The molecule has 1 unspecified atom stereocenters. The van der Waals surface area contributed by atoms with Crippen molar-refractivity contribution in [3.8, 4) is 0 Å². The Bertz CT molecular complexity index is 97.1. The van der Waals surface area contributed by atoms with Crippen LogP contribution in [0.15, 0.2) is 0 Å². The zero-order valence-electron chi connectivity index (χ0n) is 5.66. The molecule has 1 fully saturated rings. The van der Waals surface area contributed by atoms with Gasteiger partial charge in [0.25, 0.3) is 0 Å². The zero-order chi connectivity index (χ0) is 6.91. The van der Waals surface area contributed by atoms with Crippen LogP contribution in [-0.4, -0.2) is 12.8 Å². The third-order valence-electron chi connectivity index (χ3n) is 1.99. The van der Waals surface area contributed by atoms with E-state index in [1.807, 2.05) is 6.92 Å². The largest absolute Gasteiger partial charge is 0.248 e. The van der Waals surface area contributed by atoms with Crippen molar-refractivity contribution in [2.45, 2.75) is 32.4 Å². The Morgan fingerprint density at radius 2 is 2.11 bits per heavy atom. The Labute approximate surface area is 54.3 Å². The highest BCUT2D eigenvalue weighted by molar-refractivity contribution is 4.90. The lowest BCUT2D eigenvalue weighted by molar-refractivity contribution is 0.215. The molecule has 0 aliphatic heterocycles. The molecule has 9 heavy (non-hydrogen) atoms. The maximum absolute atomic E-state index is 12.3. The zero-order valence-corrected chi connectivity index (χ0v) is 5.66. The van der Waals surface area contributed by atoms with Gasteiger partial charge in [-0.2, -0.15) is 0 Å². The first-order chi connectivity index (χ1) is 4.16. The van der Waals surface area contributed by atoms with Crippen LogP contribution in [0.1, 0.15) is 26.2 Å². The molecule has 0 spiro atoms. The Hall–Kier alpha value is -0.140. The highest BCUT2D eigenvalue weighted by Crippen LogP contribution is 2.49. The molecule has 1 aliphatic rings. The van der Waals surface area contributed by atoms with Gasteiger partial charge in [-0.05, 0) is 24.7 Å². The van der Waals surface area contributed by atoms with E-state index in [0.29, 0.717) is 6.42 Å². The van der Waals surface area contributed by atoms with E-state index in [0.717, 1.165) is 12.8 Å². The van der Waals surface area contributed by atoms with Gasteiger partial charge in [-0.3, -0.25) is 0 Å². The predicted octanol–water partition coefficient (Wildman–Crippen LogP) is 2.48. The molecule has 0 aromatic heterocycles. The molecule has 0 N–H and O–H groups in total. The second-order valence-corrected chi connectivity index (χ2v) is 3.27. The predicted molar refractivity (Wildman–Crippen MR) is 32.8 cm³/mol. The third-order valence-corrected chi connectivity index (χ3v) is 1.99. The summed E-state index contributed by atoms with van der Waals surface area (Å²) in [6, 6.07) is 0. The van der Waals surface area contributed by atoms with E-state index in [2.05, 4.69) is 0 Å². The molecule has 0 aromatic carbocycles. The van der Waals surface area contributed by atoms with Gasteiger partial charge in [-0.15, -0.1) is 0 Å². The summed E-state index contributed by atoms with van der Waals surface area (Å²) in [5.74, 6) is 0. The molecule has 0 heterocycles. The average Bonchev–Trinajstić information content (AvgIpc) is 2.48. The van der Waals surface area contributed by atoms with Crippen LogP contribution in [0, 0.1) is 5.41 Å². The second-order valence-electron chi connectivity index (χ2n) is 3.27. The molecular formula is C7H12F2. The fourth-order valence-electron chi connectivity index (χ4n) is 1.01. The number of hydrogen-bond acceptors (Lipinski definition) is 0. The van der Waals surface area contributed by atoms with Crippen molar-refractivity contribution >= 4 is 0 Å². The Morgan fingerprint density at radius 1 is 1.56 bits per heavy atom. The fraction of sp³-hybridized carbons (Fsp3) is 1.00. The lowest BCUT2D eigenvalue weighted by Gasteiger charge is -2.08. The van der Waals surface area contributed by atoms with E-state index in [1.165, 1.54) is 0 Å². The topological polar surface area (TPSA) is 0 Å². The minimum Gasteiger partial charge on any atom is -0.248 e. The van der Waals surface area contributed by atoms with E-state index < -0.39 is 12.8 Å². The summed E-state index contributed by atoms with van der Waals surface area (Å²) in [7, 11) is 0. The quantitative estimate of drug-likeness (QED) is 0.556. The summed E-state index contributed by atoms with van der Waals surface area (Å²) < 4.78 is 23.9. The first-order valence-electron chi connectivity index (χ1n) is 3.36. The molecule has 1 atom stereocenters. The first-order valence-corrected chi connectivity index (χ1v) is 3.36. The van der Waals surface area contributed by atoms with Crippen LogP contribution < -0.4 is 0 Å². The number of halogens is 2. The highest BCUT2D eigenvalue weighted by Gasteiger charge is 2.39. The average molecular weight is 134 g/mol. The molecule has 1 aliphatic carbocycles. The van der Waals surface area contributed by atoms with Crippen molar-refractivity contribution < 1.29 is 8.78 Å². The molecule has 0 saturated heterocycles. The van der Waals surface area contributed by atoms with Gasteiger partial charge in [-0.25, -0.2) is 8.78 Å². The van der Waals surface area contributed by atoms with Gasteiger partial charge in [-0.1, -0.05) is 6.92 Å². The summed E-state index contributed by atoms with van der Waals surface area (Å²) in [5.41, 5.74) is 0.158. The van der Waals surface area contributed by atoms with Crippen LogP contribution in [0.5, 0.6) is 0 Å². The number of alkyl halides is 2. The van der Waals surface area contributed by atoms with E-state index in [1.54, 1.807) is 0 Å². The van der Waals surface area contributed by atoms with Crippen LogP contribution in [0.25, 0.3) is 0 Å². The van der Waals surface area contributed by atoms with Crippen molar-refractivity contribution in [2.24, 2.45) is 5.41 Å². The fourth-order valence-corrected chi connectivity index (χ4v) is 1.01. The highest BCUT2D eigenvalue weighted by atomic mass is 19.2. The maximum atomic E-state index is 12.3. The molecule has 0 bridgehead atoms. The van der Waals surface area contributed by atoms with E-state index in [4.69, 9.17) is 0 Å². The van der Waals surface area contributed by atoms with Crippen LogP contribution >= 0.6 is 0 Å². The Kier molecular flexibility index (Phi) is 1.73. The van der Waals surface area contributed by atoms with E-state index in [9.17, 15) is 8.78 Å². The minimum absolute atomic E-state index is 0.158. The maximum Gasteiger partial charge on any atom is 0.129 e. The van der Waals surface area contributed by atoms with Gasteiger partial charge >= 0.3 is 0 Å². The van der Waals surface area contributed by atoms with Crippen LogP contribution in [0.3, 0.4) is 0 Å². The molecule has 1 rings (SSSR count). The van der Waals surface area contributed by atoms with Gasteiger partial charge in [0.05, 0.1) is 0 Å². The lowest BCUT2D eigenvalue weighted by Crippen LogP contribution is -2.08. The van der Waals surface area contributed by atoms with E-state index in [-0.39, 0.29) is 5.41 Å². The Balaban J connectivity index is 2.17. The van der Waals surface area contributed by atoms with Gasteiger partial charge in [0, 0.05) is 0 Å². The molecule has 54 valence electrons. The molecule has 0 nitrogen and oxygen atoms in total. The minimum atomic E-state index is -1.21. The second kappa shape index (κ2) is 2.24. The molecule has 0 aromatic rings. The van der Waals surface area contributed by atoms with Crippen LogP contribution in [-0.2, 0) is 0 Å². The summed E-state index contributed by atoms with van der Waals surface area (Å²) in [5, 5.41) is 0. The lowest BCUT2D eigenvalue weighted by atomic mass is 10.0. The van der Waals surface area contributed by atoms with Crippen molar-refractivity contribution in [2.75, 3.05) is 6.67 Å². The standard InChI is InChI=1S/C7H12F2/c1-7(2-3-7)4-6(9)5-8/h6H,2-5H2,1H3. The van der Waals surface area contributed by atoms with Crippen molar-refractivity contribution in [3.05, 3.63) is 0 Å². The number of hydrogen-bond donors (Lipinski definition) is 0. The summed E-state index contributed by atoms with van der Waals surface area (Å²) in [6.45, 7) is 1.20. The summed E-state index contributed by atoms with van der Waals surface area (Å²) in [4.78, 5) is 0. The molecule has 2 heteroatoms.